The van der Waals surface area contributed by atoms with E-state index in [4.69, 9.17) is 4.74 Å². The van der Waals surface area contributed by atoms with Crippen molar-refractivity contribution in [2.75, 3.05) is 32.1 Å². The third-order valence-electron chi connectivity index (χ3n) is 4.50. The molecular weight excluding hydrogens is 314 g/mol. The van der Waals surface area contributed by atoms with Gasteiger partial charge in [0, 0.05) is 33.4 Å². The third kappa shape index (κ3) is 4.37. The zero-order valence-electron chi connectivity index (χ0n) is 14.9. The lowest BCUT2D eigenvalue weighted by atomic mass is 10.1. The van der Waals surface area contributed by atoms with E-state index in [-0.39, 0.29) is 12.0 Å². The number of carbonyl (C=O) groups is 1. The van der Waals surface area contributed by atoms with Crippen LogP contribution in [0, 0.1) is 0 Å². The van der Waals surface area contributed by atoms with Gasteiger partial charge in [0.1, 0.15) is 5.82 Å². The normalized spacial score (nSPS) is 15.2. The first-order valence-corrected chi connectivity index (χ1v) is 8.72. The van der Waals surface area contributed by atoms with Crippen molar-refractivity contribution in [1.29, 1.82) is 0 Å². The highest BCUT2D eigenvalue weighted by Gasteiger charge is 2.26. The van der Waals surface area contributed by atoms with Gasteiger partial charge in [-0.2, -0.15) is 0 Å². The second kappa shape index (κ2) is 8.12. The molecule has 1 saturated heterocycles. The second-order valence-corrected chi connectivity index (χ2v) is 6.56. The largest absolute Gasteiger partial charge is 0.373 e. The lowest BCUT2D eigenvalue weighted by Gasteiger charge is -2.32. The maximum absolute atomic E-state index is 12.8. The number of likely N-dealkylation sites (tertiary alicyclic amines) is 1. The summed E-state index contributed by atoms with van der Waals surface area (Å²) in [5.41, 5.74) is 1.85. The maximum Gasteiger partial charge on any atom is 0.257 e. The first kappa shape index (κ1) is 17.4. The third-order valence-corrected chi connectivity index (χ3v) is 4.50. The molecule has 5 nitrogen and oxygen atoms in total. The Morgan fingerprint density at radius 3 is 2.56 bits per heavy atom. The fraction of sp³-hybridized carbons (Fsp3) is 0.400. The van der Waals surface area contributed by atoms with E-state index in [0.29, 0.717) is 12.2 Å². The van der Waals surface area contributed by atoms with Crippen molar-refractivity contribution in [3.63, 3.8) is 0 Å². The summed E-state index contributed by atoms with van der Waals surface area (Å²) in [6.45, 7) is 2.08. The van der Waals surface area contributed by atoms with Crippen molar-refractivity contribution in [3.05, 3.63) is 59.8 Å². The van der Waals surface area contributed by atoms with E-state index in [9.17, 15) is 4.79 Å². The summed E-state index contributed by atoms with van der Waals surface area (Å²) >= 11 is 0. The molecule has 5 heteroatoms. The van der Waals surface area contributed by atoms with Gasteiger partial charge in [0.2, 0.25) is 0 Å². The van der Waals surface area contributed by atoms with E-state index < -0.39 is 0 Å². The Morgan fingerprint density at radius 2 is 1.88 bits per heavy atom. The number of hydrogen-bond donors (Lipinski definition) is 0. The highest BCUT2D eigenvalue weighted by molar-refractivity contribution is 5.98. The quantitative estimate of drug-likeness (QED) is 0.840. The number of carbonyl (C=O) groups excluding carboxylic acids is 1. The van der Waals surface area contributed by atoms with Crippen LogP contribution in [0.5, 0.6) is 0 Å². The smallest absolute Gasteiger partial charge is 0.257 e. The number of benzene rings is 1. The fourth-order valence-corrected chi connectivity index (χ4v) is 3.10. The number of rotatable bonds is 5. The summed E-state index contributed by atoms with van der Waals surface area (Å²) in [6, 6.07) is 13.9. The van der Waals surface area contributed by atoms with Crippen molar-refractivity contribution in [2.45, 2.75) is 25.6 Å². The molecule has 1 fully saturated rings. The molecule has 0 aliphatic carbocycles. The van der Waals surface area contributed by atoms with Crippen LogP contribution < -0.4 is 4.90 Å². The van der Waals surface area contributed by atoms with Crippen molar-refractivity contribution in [2.24, 2.45) is 0 Å². The molecule has 2 aromatic rings. The number of piperidine rings is 1. The fourth-order valence-electron chi connectivity index (χ4n) is 3.10. The van der Waals surface area contributed by atoms with Crippen LogP contribution in [-0.2, 0) is 11.3 Å². The minimum atomic E-state index is 0.0540. The Balaban J connectivity index is 1.54. The van der Waals surface area contributed by atoms with Crippen LogP contribution in [0.4, 0.5) is 5.82 Å². The predicted octanol–water partition coefficient (Wildman–Crippen LogP) is 2.97. The van der Waals surface area contributed by atoms with Crippen LogP contribution >= 0.6 is 0 Å². The van der Waals surface area contributed by atoms with Crippen LogP contribution in [-0.4, -0.2) is 49.1 Å². The molecule has 1 aromatic carbocycles. The number of pyridine rings is 1. The van der Waals surface area contributed by atoms with Crippen LogP contribution in [0.3, 0.4) is 0 Å². The minimum Gasteiger partial charge on any atom is -0.373 e. The van der Waals surface area contributed by atoms with Gasteiger partial charge in [-0.25, -0.2) is 4.98 Å². The van der Waals surface area contributed by atoms with E-state index in [1.807, 2.05) is 54.2 Å². The van der Waals surface area contributed by atoms with Gasteiger partial charge in [0.15, 0.2) is 0 Å². The number of ether oxygens (including phenoxy) is 1. The van der Waals surface area contributed by atoms with Gasteiger partial charge in [0.05, 0.1) is 18.3 Å². The molecule has 3 rings (SSSR count). The van der Waals surface area contributed by atoms with E-state index in [1.165, 1.54) is 5.56 Å². The summed E-state index contributed by atoms with van der Waals surface area (Å²) in [5.74, 6) is 0.772. The Hall–Kier alpha value is -2.40. The lowest BCUT2D eigenvalue weighted by Crippen LogP contribution is -2.41. The summed E-state index contributed by atoms with van der Waals surface area (Å²) in [7, 11) is 3.81. The number of amides is 1. The number of hydrogen-bond acceptors (Lipinski definition) is 4. The topological polar surface area (TPSA) is 45.7 Å². The Bertz CT molecular complexity index is 695. The molecule has 0 spiro atoms. The number of aromatic nitrogens is 1. The molecule has 0 unspecified atom stereocenters. The Labute approximate surface area is 149 Å². The molecule has 0 N–H and O–H groups in total. The molecule has 25 heavy (non-hydrogen) atoms. The van der Waals surface area contributed by atoms with Gasteiger partial charge in [-0.1, -0.05) is 30.3 Å². The standard InChI is InChI=1S/C20H25N3O2/c1-22(2)19-18(9-6-12-21-19)20(24)23-13-10-17(11-14-23)25-15-16-7-4-3-5-8-16/h3-9,12,17H,10-11,13-15H2,1-2H3. The maximum atomic E-state index is 12.8. The summed E-state index contributed by atoms with van der Waals surface area (Å²) in [6.07, 6.45) is 3.67. The molecule has 1 aromatic heterocycles. The minimum absolute atomic E-state index is 0.0540. The van der Waals surface area contributed by atoms with Gasteiger partial charge >= 0.3 is 0 Å². The van der Waals surface area contributed by atoms with Crippen molar-refractivity contribution in [3.8, 4) is 0 Å². The first-order chi connectivity index (χ1) is 12.1. The van der Waals surface area contributed by atoms with E-state index in [1.54, 1.807) is 6.20 Å². The van der Waals surface area contributed by atoms with Gasteiger partial charge in [-0.05, 0) is 30.5 Å². The molecular formula is C20H25N3O2. The highest BCUT2D eigenvalue weighted by Crippen LogP contribution is 2.21. The molecule has 1 amide bonds. The average Bonchev–Trinajstić information content (AvgIpc) is 2.67. The number of nitrogens with zero attached hydrogens (tertiary/aromatic N) is 3. The van der Waals surface area contributed by atoms with E-state index >= 15 is 0 Å². The van der Waals surface area contributed by atoms with Crippen LogP contribution in [0.2, 0.25) is 0 Å². The second-order valence-electron chi connectivity index (χ2n) is 6.56. The van der Waals surface area contributed by atoms with Crippen molar-refractivity contribution in [1.82, 2.24) is 9.88 Å². The van der Waals surface area contributed by atoms with Gasteiger partial charge in [-0.15, -0.1) is 0 Å². The molecule has 0 saturated carbocycles. The molecule has 0 radical (unpaired) electrons. The monoisotopic (exact) mass is 339 g/mol. The van der Waals surface area contributed by atoms with Gasteiger partial charge < -0.3 is 14.5 Å². The van der Waals surface area contributed by atoms with Gasteiger partial charge in [0.25, 0.3) is 5.91 Å². The molecule has 0 atom stereocenters. The Kier molecular flexibility index (Phi) is 5.66. The number of anilines is 1. The molecule has 1 aliphatic heterocycles. The summed E-state index contributed by atoms with van der Waals surface area (Å²) < 4.78 is 6.01. The highest BCUT2D eigenvalue weighted by atomic mass is 16.5. The molecule has 2 heterocycles. The van der Waals surface area contributed by atoms with Crippen molar-refractivity contribution < 1.29 is 9.53 Å². The predicted molar refractivity (Wildman–Crippen MR) is 98.7 cm³/mol. The average molecular weight is 339 g/mol. The van der Waals surface area contributed by atoms with E-state index in [0.717, 1.165) is 31.7 Å². The van der Waals surface area contributed by atoms with Crippen LogP contribution in [0.25, 0.3) is 0 Å². The SMILES string of the molecule is CN(C)c1ncccc1C(=O)N1CCC(OCc2ccccc2)CC1. The van der Waals surface area contributed by atoms with Crippen molar-refractivity contribution >= 4 is 11.7 Å². The van der Waals surface area contributed by atoms with Crippen LogP contribution in [0.15, 0.2) is 48.7 Å². The molecule has 0 bridgehead atoms. The molecule has 1 aliphatic rings. The van der Waals surface area contributed by atoms with Gasteiger partial charge in [-0.3, -0.25) is 4.79 Å². The summed E-state index contributed by atoms with van der Waals surface area (Å²) in [4.78, 5) is 20.9. The van der Waals surface area contributed by atoms with Crippen LogP contribution in [0.1, 0.15) is 28.8 Å². The zero-order chi connectivity index (χ0) is 17.6. The zero-order valence-corrected chi connectivity index (χ0v) is 14.9. The molecule has 132 valence electrons. The van der Waals surface area contributed by atoms with E-state index in [2.05, 4.69) is 17.1 Å². The first-order valence-electron chi connectivity index (χ1n) is 8.72. The lowest BCUT2D eigenvalue weighted by molar-refractivity contribution is -0.000370. The summed E-state index contributed by atoms with van der Waals surface area (Å²) in [5, 5.41) is 0. The Morgan fingerprint density at radius 1 is 1.16 bits per heavy atom.